The molecule has 0 bridgehead atoms. The Morgan fingerprint density at radius 1 is 1.47 bits per heavy atom. The van der Waals surface area contributed by atoms with E-state index in [0.717, 1.165) is 25.9 Å². The second kappa shape index (κ2) is 5.52. The summed E-state index contributed by atoms with van der Waals surface area (Å²) in [4.78, 5) is 2.41. The Bertz CT molecular complexity index is 378. The third kappa shape index (κ3) is 2.79. The Balaban J connectivity index is 2.11. The van der Waals surface area contributed by atoms with Crippen molar-refractivity contribution in [2.24, 2.45) is 5.73 Å². The second-order valence-electron chi connectivity index (χ2n) is 4.75. The second-order valence-corrected chi connectivity index (χ2v) is 4.75. The zero-order chi connectivity index (χ0) is 12.3. The lowest BCUT2D eigenvalue weighted by molar-refractivity contribution is 0.121. The monoisotopic (exact) mass is 234 g/mol. The van der Waals surface area contributed by atoms with Crippen molar-refractivity contribution in [2.75, 3.05) is 31.6 Å². The van der Waals surface area contributed by atoms with Gasteiger partial charge in [-0.3, -0.25) is 0 Å². The topological polar surface area (TPSA) is 38.5 Å². The Kier molecular flexibility index (Phi) is 4.02. The van der Waals surface area contributed by atoms with Crippen LogP contribution in [-0.2, 0) is 11.2 Å². The molecule has 1 aliphatic heterocycles. The molecule has 1 aliphatic rings. The zero-order valence-electron chi connectivity index (χ0n) is 10.8. The lowest BCUT2D eigenvalue weighted by Gasteiger charge is -2.21. The molecule has 0 aromatic heterocycles. The Morgan fingerprint density at radius 3 is 2.88 bits per heavy atom. The van der Waals surface area contributed by atoms with Gasteiger partial charge in [0.1, 0.15) is 0 Å². The van der Waals surface area contributed by atoms with Crippen LogP contribution in [0.2, 0.25) is 0 Å². The van der Waals surface area contributed by atoms with Crippen molar-refractivity contribution in [1.29, 1.82) is 0 Å². The summed E-state index contributed by atoms with van der Waals surface area (Å²) in [7, 11) is 1.80. The zero-order valence-corrected chi connectivity index (χ0v) is 10.8. The van der Waals surface area contributed by atoms with Gasteiger partial charge in [0.25, 0.3) is 0 Å². The van der Waals surface area contributed by atoms with Crippen LogP contribution in [0.1, 0.15) is 17.5 Å². The Morgan fingerprint density at radius 2 is 2.29 bits per heavy atom. The number of hydrogen-bond donors (Lipinski definition) is 1. The first-order chi connectivity index (χ1) is 8.24. The predicted molar refractivity (Wildman–Crippen MR) is 71.6 cm³/mol. The molecular formula is C14H22N2O. The van der Waals surface area contributed by atoms with Gasteiger partial charge in [-0.05, 0) is 43.5 Å². The van der Waals surface area contributed by atoms with Crippen LogP contribution in [0.4, 0.5) is 5.69 Å². The van der Waals surface area contributed by atoms with E-state index < -0.39 is 0 Å². The molecule has 1 fully saturated rings. The maximum atomic E-state index is 5.58. The molecule has 1 aromatic carbocycles. The van der Waals surface area contributed by atoms with Crippen molar-refractivity contribution in [3.63, 3.8) is 0 Å². The van der Waals surface area contributed by atoms with Crippen LogP contribution in [0, 0.1) is 6.92 Å². The average molecular weight is 234 g/mol. The highest BCUT2D eigenvalue weighted by Crippen LogP contribution is 2.26. The molecule has 0 saturated carbocycles. The molecule has 1 saturated heterocycles. The molecule has 1 atom stereocenters. The molecule has 2 rings (SSSR count). The largest absolute Gasteiger partial charge is 0.380 e. The molecule has 3 nitrogen and oxygen atoms in total. The molecule has 94 valence electrons. The van der Waals surface area contributed by atoms with E-state index in [1.165, 1.54) is 16.8 Å². The molecular weight excluding hydrogens is 212 g/mol. The Labute approximate surface area is 104 Å². The third-order valence-corrected chi connectivity index (χ3v) is 3.51. The predicted octanol–water partition coefficient (Wildman–Crippen LogP) is 1.72. The SMILES string of the molecule is COC1CCN(c2ccc(CCN)cc2C)C1. The van der Waals surface area contributed by atoms with E-state index in [1.54, 1.807) is 7.11 Å². The highest BCUT2D eigenvalue weighted by molar-refractivity contribution is 5.55. The third-order valence-electron chi connectivity index (χ3n) is 3.51. The number of ether oxygens (including phenoxy) is 1. The fourth-order valence-corrected chi connectivity index (χ4v) is 2.53. The van der Waals surface area contributed by atoms with E-state index in [-0.39, 0.29) is 0 Å². The van der Waals surface area contributed by atoms with Crippen LogP contribution in [0.5, 0.6) is 0 Å². The minimum atomic E-state index is 0.387. The summed E-state index contributed by atoms with van der Waals surface area (Å²) in [5, 5.41) is 0. The van der Waals surface area contributed by atoms with Gasteiger partial charge in [0, 0.05) is 25.9 Å². The van der Waals surface area contributed by atoms with Crippen molar-refractivity contribution < 1.29 is 4.74 Å². The summed E-state index contributed by atoms with van der Waals surface area (Å²) >= 11 is 0. The quantitative estimate of drug-likeness (QED) is 0.862. The molecule has 0 amide bonds. The van der Waals surface area contributed by atoms with Gasteiger partial charge in [0.05, 0.1) is 6.10 Å². The van der Waals surface area contributed by atoms with Crippen LogP contribution in [0.15, 0.2) is 18.2 Å². The van der Waals surface area contributed by atoms with E-state index >= 15 is 0 Å². The molecule has 0 spiro atoms. The Hall–Kier alpha value is -1.06. The molecule has 17 heavy (non-hydrogen) atoms. The molecule has 1 aromatic rings. The van der Waals surface area contributed by atoms with Gasteiger partial charge in [0.15, 0.2) is 0 Å². The van der Waals surface area contributed by atoms with Crippen molar-refractivity contribution in [1.82, 2.24) is 0 Å². The summed E-state index contributed by atoms with van der Waals surface area (Å²) in [5.74, 6) is 0. The molecule has 0 radical (unpaired) electrons. The number of benzene rings is 1. The van der Waals surface area contributed by atoms with E-state index in [2.05, 4.69) is 30.0 Å². The number of hydrogen-bond acceptors (Lipinski definition) is 3. The molecule has 2 N–H and O–H groups in total. The van der Waals surface area contributed by atoms with Gasteiger partial charge in [0.2, 0.25) is 0 Å². The summed E-state index contributed by atoms with van der Waals surface area (Å²) in [6.45, 7) is 4.99. The van der Waals surface area contributed by atoms with E-state index in [4.69, 9.17) is 10.5 Å². The summed E-state index contributed by atoms with van der Waals surface area (Å²) < 4.78 is 5.41. The minimum absolute atomic E-state index is 0.387. The maximum absolute atomic E-state index is 5.58. The van der Waals surface area contributed by atoms with Crippen LogP contribution in [-0.4, -0.2) is 32.8 Å². The fourth-order valence-electron chi connectivity index (χ4n) is 2.53. The van der Waals surface area contributed by atoms with Gasteiger partial charge < -0.3 is 15.4 Å². The maximum Gasteiger partial charge on any atom is 0.0762 e. The van der Waals surface area contributed by atoms with Gasteiger partial charge in [-0.25, -0.2) is 0 Å². The molecule has 1 heterocycles. The number of anilines is 1. The minimum Gasteiger partial charge on any atom is -0.380 e. The number of aryl methyl sites for hydroxylation is 1. The highest BCUT2D eigenvalue weighted by Gasteiger charge is 2.23. The first-order valence-electron chi connectivity index (χ1n) is 6.32. The van der Waals surface area contributed by atoms with Crippen molar-refractivity contribution >= 4 is 5.69 Å². The molecule has 1 unspecified atom stereocenters. The summed E-state index contributed by atoms with van der Waals surface area (Å²) in [5.41, 5.74) is 9.59. The molecule has 0 aliphatic carbocycles. The first kappa shape index (κ1) is 12.4. The van der Waals surface area contributed by atoms with Crippen molar-refractivity contribution in [3.05, 3.63) is 29.3 Å². The summed E-state index contributed by atoms with van der Waals surface area (Å²) in [6, 6.07) is 6.66. The highest BCUT2D eigenvalue weighted by atomic mass is 16.5. The van der Waals surface area contributed by atoms with Gasteiger partial charge in [-0.15, -0.1) is 0 Å². The van der Waals surface area contributed by atoms with Crippen LogP contribution in [0.25, 0.3) is 0 Å². The van der Waals surface area contributed by atoms with Crippen LogP contribution in [0.3, 0.4) is 0 Å². The van der Waals surface area contributed by atoms with Gasteiger partial charge in [-0.2, -0.15) is 0 Å². The van der Waals surface area contributed by atoms with E-state index in [0.29, 0.717) is 12.6 Å². The van der Waals surface area contributed by atoms with Gasteiger partial charge in [-0.1, -0.05) is 12.1 Å². The number of rotatable bonds is 4. The van der Waals surface area contributed by atoms with Crippen molar-refractivity contribution in [3.8, 4) is 0 Å². The standard InChI is InChI=1S/C14H22N2O/c1-11-9-12(5-7-15)3-4-14(11)16-8-6-13(10-16)17-2/h3-4,9,13H,5-8,10,15H2,1-2H3. The number of nitrogens with two attached hydrogens (primary N) is 1. The number of methoxy groups -OCH3 is 1. The first-order valence-corrected chi connectivity index (χ1v) is 6.32. The van der Waals surface area contributed by atoms with Gasteiger partial charge >= 0.3 is 0 Å². The number of nitrogens with zero attached hydrogens (tertiary/aromatic N) is 1. The summed E-state index contributed by atoms with van der Waals surface area (Å²) in [6.07, 6.45) is 2.47. The van der Waals surface area contributed by atoms with E-state index in [9.17, 15) is 0 Å². The molecule has 3 heteroatoms. The van der Waals surface area contributed by atoms with Crippen molar-refractivity contribution in [2.45, 2.75) is 25.9 Å². The fraction of sp³-hybridized carbons (Fsp3) is 0.571. The average Bonchev–Trinajstić information content (AvgIpc) is 2.78. The normalized spacial score (nSPS) is 19.9. The lowest BCUT2D eigenvalue weighted by atomic mass is 10.1. The van der Waals surface area contributed by atoms with Crippen LogP contribution < -0.4 is 10.6 Å². The van der Waals surface area contributed by atoms with Crippen LogP contribution >= 0.6 is 0 Å². The lowest BCUT2D eigenvalue weighted by Crippen LogP contribution is -2.22. The smallest absolute Gasteiger partial charge is 0.0762 e. The van der Waals surface area contributed by atoms with E-state index in [1.807, 2.05) is 0 Å².